The van der Waals surface area contributed by atoms with E-state index >= 15 is 0 Å². The van der Waals surface area contributed by atoms with Crippen LogP contribution in [0.3, 0.4) is 0 Å². The Hall–Kier alpha value is -2.34. The smallest absolute Gasteiger partial charge is 0.252 e. The van der Waals surface area contributed by atoms with Crippen molar-refractivity contribution in [1.82, 2.24) is 15.1 Å². The van der Waals surface area contributed by atoms with Gasteiger partial charge in [-0.15, -0.1) is 0 Å². The van der Waals surface area contributed by atoms with Crippen molar-refractivity contribution < 1.29 is 9.53 Å². The molecule has 1 aromatic carbocycles. The summed E-state index contributed by atoms with van der Waals surface area (Å²) in [4.78, 5) is 13.0. The van der Waals surface area contributed by atoms with Crippen LogP contribution >= 0.6 is 0 Å². The van der Waals surface area contributed by atoms with Crippen LogP contribution in [0.4, 0.5) is 5.69 Å². The first-order valence-corrected chi connectivity index (χ1v) is 8.00. The average Bonchev–Trinajstić information content (AvgIpc) is 3.11. The molecule has 0 atom stereocenters. The van der Waals surface area contributed by atoms with Gasteiger partial charge < -0.3 is 15.4 Å². The highest BCUT2D eigenvalue weighted by atomic mass is 16.5. The number of amides is 1. The van der Waals surface area contributed by atoms with Crippen LogP contribution in [-0.2, 0) is 10.3 Å². The molecular weight excluding hydrogens is 292 g/mol. The van der Waals surface area contributed by atoms with E-state index in [4.69, 9.17) is 4.74 Å². The number of nitrogens with one attached hydrogen (secondary N) is 2. The van der Waals surface area contributed by atoms with Crippen molar-refractivity contribution in [2.45, 2.75) is 25.3 Å². The minimum atomic E-state index is -0.642. The summed E-state index contributed by atoms with van der Waals surface area (Å²) in [6, 6.07) is 9.33. The third-order valence-electron chi connectivity index (χ3n) is 4.20. The second kappa shape index (κ2) is 6.83. The molecule has 122 valence electrons. The third kappa shape index (κ3) is 3.22. The third-order valence-corrected chi connectivity index (χ3v) is 4.20. The van der Waals surface area contributed by atoms with Crippen molar-refractivity contribution in [3.63, 3.8) is 0 Å². The van der Waals surface area contributed by atoms with Crippen LogP contribution < -0.4 is 15.4 Å². The van der Waals surface area contributed by atoms with Crippen LogP contribution in [0.5, 0.6) is 5.75 Å². The molecule has 1 saturated heterocycles. The second-order valence-corrected chi connectivity index (χ2v) is 5.65. The molecule has 1 aromatic heterocycles. The fourth-order valence-electron chi connectivity index (χ4n) is 3.00. The molecule has 1 aliphatic heterocycles. The minimum Gasteiger partial charge on any atom is -0.494 e. The summed E-state index contributed by atoms with van der Waals surface area (Å²) in [5, 5.41) is 10.7. The van der Waals surface area contributed by atoms with Gasteiger partial charge in [0, 0.05) is 24.1 Å². The summed E-state index contributed by atoms with van der Waals surface area (Å²) in [7, 11) is 0. The molecule has 6 nitrogen and oxygen atoms in total. The van der Waals surface area contributed by atoms with Gasteiger partial charge in [-0.2, -0.15) is 5.10 Å². The van der Waals surface area contributed by atoms with Crippen LogP contribution in [0.2, 0.25) is 0 Å². The van der Waals surface area contributed by atoms with E-state index in [0.29, 0.717) is 19.4 Å². The Morgan fingerprint density at radius 1 is 1.39 bits per heavy atom. The summed E-state index contributed by atoms with van der Waals surface area (Å²) in [5.74, 6) is 0.722. The predicted octanol–water partition coefficient (Wildman–Crippen LogP) is 2.00. The Kier molecular flexibility index (Phi) is 4.62. The summed E-state index contributed by atoms with van der Waals surface area (Å²) in [5.41, 5.74) is 0.0992. The number of nitrogens with zero attached hydrogens (tertiary/aromatic N) is 2. The molecule has 3 rings (SSSR count). The van der Waals surface area contributed by atoms with Gasteiger partial charge in [0.05, 0.1) is 6.61 Å². The topological polar surface area (TPSA) is 68.2 Å². The predicted molar refractivity (Wildman–Crippen MR) is 88.5 cm³/mol. The lowest BCUT2D eigenvalue weighted by molar-refractivity contribution is -0.126. The molecule has 2 N–H and O–H groups in total. The maximum atomic E-state index is 13.0. The molecule has 2 heterocycles. The number of anilines is 1. The van der Waals surface area contributed by atoms with Crippen molar-refractivity contribution >= 4 is 11.6 Å². The highest BCUT2D eigenvalue weighted by Gasteiger charge is 2.42. The molecule has 0 aliphatic carbocycles. The van der Waals surface area contributed by atoms with Gasteiger partial charge in [0.2, 0.25) is 0 Å². The minimum absolute atomic E-state index is 0.0312. The van der Waals surface area contributed by atoms with Gasteiger partial charge in [0.1, 0.15) is 11.3 Å². The van der Waals surface area contributed by atoms with Gasteiger partial charge in [0.25, 0.3) is 5.91 Å². The fourth-order valence-corrected chi connectivity index (χ4v) is 3.00. The first kappa shape index (κ1) is 15.6. The lowest BCUT2D eigenvalue weighted by Crippen LogP contribution is -2.52. The average molecular weight is 314 g/mol. The van der Waals surface area contributed by atoms with Crippen molar-refractivity contribution in [2.75, 3.05) is 25.0 Å². The van der Waals surface area contributed by atoms with Gasteiger partial charge in [0.15, 0.2) is 0 Å². The van der Waals surface area contributed by atoms with E-state index in [0.717, 1.165) is 24.5 Å². The summed E-state index contributed by atoms with van der Waals surface area (Å²) < 4.78 is 7.28. The Bertz CT molecular complexity index is 648. The van der Waals surface area contributed by atoms with E-state index in [1.807, 2.05) is 43.5 Å². The zero-order valence-corrected chi connectivity index (χ0v) is 13.3. The van der Waals surface area contributed by atoms with Crippen LogP contribution in [-0.4, -0.2) is 35.4 Å². The zero-order valence-electron chi connectivity index (χ0n) is 13.3. The van der Waals surface area contributed by atoms with Crippen molar-refractivity contribution in [3.05, 3.63) is 42.7 Å². The SMILES string of the molecule is CCOc1cccc(NC(=O)C2(n3cccn3)CCNCC2)c1. The van der Waals surface area contributed by atoms with Crippen LogP contribution in [0.1, 0.15) is 19.8 Å². The second-order valence-electron chi connectivity index (χ2n) is 5.65. The number of hydrogen-bond acceptors (Lipinski definition) is 4. The Morgan fingerprint density at radius 3 is 2.91 bits per heavy atom. The zero-order chi connectivity index (χ0) is 16.1. The number of carbonyl (C=O) groups is 1. The Labute approximate surface area is 135 Å². The van der Waals surface area contributed by atoms with E-state index in [1.54, 1.807) is 10.9 Å². The van der Waals surface area contributed by atoms with Crippen molar-refractivity contribution in [2.24, 2.45) is 0 Å². The molecule has 0 spiro atoms. The Morgan fingerprint density at radius 2 is 2.22 bits per heavy atom. The molecule has 0 saturated carbocycles. The first-order chi connectivity index (χ1) is 11.2. The lowest BCUT2D eigenvalue weighted by Gasteiger charge is -2.36. The van der Waals surface area contributed by atoms with Crippen LogP contribution in [0.25, 0.3) is 0 Å². The summed E-state index contributed by atoms with van der Waals surface area (Å²) in [6.07, 6.45) is 5.01. The van der Waals surface area contributed by atoms with Crippen LogP contribution in [0.15, 0.2) is 42.7 Å². The van der Waals surface area contributed by atoms with Gasteiger partial charge in [-0.3, -0.25) is 9.48 Å². The van der Waals surface area contributed by atoms with E-state index in [2.05, 4.69) is 15.7 Å². The lowest BCUT2D eigenvalue weighted by atomic mass is 9.87. The highest BCUT2D eigenvalue weighted by Crippen LogP contribution is 2.29. The number of piperidine rings is 1. The molecule has 6 heteroatoms. The monoisotopic (exact) mass is 314 g/mol. The molecule has 1 amide bonds. The number of benzene rings is 1. The summed E-state index contributed by atoms with van der Waals surface area (Å²) in [6.45, 7) is 4.13. The van der Waals surface area contributed by atoms with E-state index in [1.165, 1.54) is 0 Å². The molecule has 1 fully saturated rings. The molecule has 0 bridgehead atoms. The molecule has 0 radical (unpaired) electrons. The largest absolute Gasteiger partial charge is 0.494 e. The molecule has 0 unspecified atom stereocenters. The van der Waals surface area contributed by atoms with E-state index < -0.39 is 5.54 Å². The normalized spacial score (nSPS) is 16.7. The molecular formula is C17H22N4O2. The highest BCUT2D eigenvalue weighted by molar-refractivity contribution is 5.96. The number of hydrogen-bond donors (Lipinski definition) is 2. The maximum absolute atomic E-state index is 13.0. The molecule has 1 aliphatic rings. The first-order valence-electron chi connectivity index (χ1n) is 8.00. The van der Waals surface area contributed by atoms with Gasteiger partial charge in [-0.1, -0.05) is 6.07 Å². The maximum Gasteiger partial charge on any atom is 0.252 e. The Balaban J connectivity index is 1.83. The molecule has 2 aromatic rings. The quantitative estimate of drug-likeness (QED) is 0.886. The number of aromatic nitrogens is 2. The van der Waals surface area contributed by atoms with Gasteiger partial charge >= 0.3 is 0 Å². The van der Waals surface area contributed by atoms with Crippen molar-refractivity contribution in [3.8, 4) is 5.75 Å². The number of rotatable bonds is 5. The van der Waals surface area contributed by atoms with Gasteiger partial charge in [-0.05, 0) is 51.1 Å². The van der Waals surface area contributed by atoms with Gasteiger partial charge in [-0.25, -0.2) is 0 Å². The standard InChI is InChI=1S/C17H22N4O2/c1-2-23-15-6-3-5-14(13-15)20-16(22)17(7-10-18-11-8-17)21-12-4-9-19-21/h3-6,9,12-13,18H,2,7-8,10-11H2,1H3,(H,20,22). The van der Waals surface area contributed by atoms with Crippen molar-refractivity contribution in [1.29, 1.82) is 0 Å². The van der Waals surface area contributed by atoms with Crippen LogP contribution in [0, 0.1) is 0 Å². The summed E-state index contributed by atoms with van der Waals surface area (Å²) >= 11 is 0. The fraction of sp³-hybridized carbons (Fsp3) is 0.412. The van der Waals surface area contributed by atoms with E-state index in [-0.39, 0.29) is 5.91 Å². The van der Waals surface area contributed by atoms with E-state index in [9.17, 15) is 4.79 Å². The number of ether oxygens (including phenoxy) is 1. The number of carbonyl (C=O) groups excluding carboxylic acids is 1. The molecule has 23 heavy (non-hydrogen) atoms.